The minimum absolute atomic E-state index is 0.0614. The number of halogens is 1. The first-order valence-electron chi connectivity index (χ1n) is 7.65. The molecule has 0 saturated carbocycles. The molecule has 0 aliphatic heterocycles. The summed E-state index contributed by atoms with van der Waals surface area (Å²) in [7, 11) is 1.81. The molecule has 122 valence electrons. The molecule has 0 spiro atoms. The normalized spacial score (nSPS) is 10.4. The van der Waals surface area contributed by atoms with Crippen LogP contribution in [0.25, 0.3) is 0 Å². The van der Waals surface area contributed by atoms with E-state index < -0.39 is 0 Å². The lowest BCUT2D eigenvalue weighted by Crippen LogP contribution is -2.35. The summed E-state index contributed by atoms with van der Waals surface area (Å²) in [6.45, 7) is 6.66. The second-order valence-electron chi connectivity index (χ2n) is 5.52. The third-order valence-corrected chi connectivity index (χ3v) is 3.89. The summed E-state index contributed by atoms with van der Waals surface area (Å²) >= 11 is 5.95. The maximum Gasteiger partial charge on any atom is 0.224 e. The van der Waals surface area contributed by atoms with Crippen molar-refractivity contribution >= 4 is 29.1 Å². The molecule has 22 heavy (non-hydrogen) atoms. The number of aryl methyl sites for hydroxylation is 1. The third-order valence-electron chi connectivity index (χ3n) is 3.65. The van der Waals surface area contributed by atoms with Gasteiger partial charge in [-0.3, -0.25) is 9.59 Å². The van der Waals surface area contributed by atoms with Crippen LogP contribution in [0.4, 0.5) is 5.69 Å². The van der Waals surface area contributed by atoms with Crippen LogP contribution >= 0.6 is 11.6 Å². The number of benzene rings is 1. The van der Waals surface area contributed by atoms with Crippen molar-refractivity contribution in [3.63, 3.8) is 0 Å². The highest BCUT2D eigenvalue weighted by Gasteiger charge is 2.17. The number of anilines is 1. The van der Waals surface area contributed by atoms with Gasteiger partial charge >= 0.3 is 0 Å². The molecule has 4 nitrogen and oxygen atoms in total. The molecule has 0 saturated heterocycles. The monoisotopic (exact) mass is 324 g/mol. The van der Waals surface area contributed by atoms with Gasteiger partial charge in [0.15, 0.2) is 0 Å². The van der Waals surface area contributed by atoms with Crippen molar-refractivity contribution < 1.29 is 9.59 Å². The molecule has 1 aromatic rings. The zero-order valence-electron chi connectivity index (χ0n) is 13.9. The Kier molecular flexibility index (Phi) is 7.39. The van der Waals surface area contributed by atoms with Crippen LogP contribution < -0.4 is 4.90 Å². The van der Waals surface area contributed by atoms with E-state index in [1.54, 1.807) is 15.9 Å². The van der Waals surface area contributed by atoms with Gasteiger partial charge in [-0.1, -0.05) is 24.9 Å². The molecule has 0 aromatic heterocycles. The van der Waals surface area contributed by atoms with Crippen molar-refractivity contribution in [1.82, 2.24) is 4.90 Å². The van der Waals surface area contributed by atoms with Gasteiger partial charge in [-0.25, -0.2) is 0 Å². The second-order valence-corrected chi connectivity index (χ2v) is 5.96. The van der Waals surface area contributed by atoms with E-state index in [1.165, 1.54) is 6.92 Å². The number of carbonyl (C=O) groups is 2. The standard InChI is InChI=1S/C17H25ClN2O2/c1-5-6-10-19(4)17(22)9-11-20(14(3)21)16-8-7-15(18)12-13(16)2/h7-8,12H,5-6,9-11H2,1-4H3. The van der Waals surface area contributed by atoms with Crippen LogP contribution in [0.15, 0.2) is 18.2 Å². The van der Waals surface area contributed by atoms with Gasteiger partial charge in [0.05, 0.1) is 0 Å². The molecule has 2 amide bonds. The molecule has 0 atom stereocenters. The number of amides is 2. The number of hydrogen-bond acceptors (Lipinski definition) is 2. The Morgan fingerprint density at radius 3 is 2.45 bits per heavy atom. The van der Waals surface area contributed by atoms with Gasteiger partial charge < -0.3 is 9.80 Å². The minimum Gasteiger partial charge on any atom is -0.346 e. The minimum atomic E-state index is -0.0746. The molecule has 0 heterocycles. The first kappa shape index (κ1) is 18.5. The van der Waals surface area contributed by atoms with Crippen molar-refractivity contribution in [3.05, 3.63) is 28.8 Å². The van der Waals surface area contributed by atoms with E-state index in [2.05, 4.69) is 6.92 Å². The molecule has 0 fully saturated rings. The van der Waals surface area contributed by atoms with E-state index in [1.807, 2.05) is 26.1 Å². The van der Waals surface area contributed by atoms with E-state index >= 15 is 0 Å². The Balaban J connectivity index is 2.73. The van der Waals surface area contributed by atoms with Crippen LogP contribution in [-0.4, -0.2) is 36.9 Å². The van der Waals surface area contributed by atoms with E-state index in [-0.39, 0.29) is 11.8 Å². The lowest BCUT2D eigenvalue weighted by Gasteiger charge is -2.24. The fraction of sp³-hybridized carbons (Fsp3) is 0.529. The van der Waals surface area contributed by atoms with E-state index in [0.29, 0.717) is 18.0 Å². The van der Waals surface area contributed by atoms with E-state index in [4.69, 9.17) is 11.6 Å². The first-order chi connectivity index (χ1) is 10.4. The molecule has 0 unspecified atom stereocenters. The molecular weight excluding hydrogens is 300 g/mol. The van der Waals surface area contributed by atoms with Crippen molar-refractivity contribution in [3.8, 4) is 0 Å². The fourth-order valence-corrected chi connectivity index (χ4v) is 2.51. The van der Waals surface area contributed by atoms with Crippen LogP contribution in [0.3, 0.4) is 0 Å². The van der Waals surface area contributed by atoms with Gasteiger partial charge in [-0.2, -0.15) is 0 Å². The fourth-order valence-electron chi connectivity index (χ4n) is 2.29. The van der Waals surface area contributed by atoms with Crippen LogP contribution in [0.2, 0.25) is 5.02 Å². The third kappa shape index (κ3) is 5.34. The van der Waals surface area contributed by atoms with Crippen molar-refractivity contribution in [2.24, 2.45) is 0 Å². The highest BCUT2D eigenvalue weighted by atomic mass is 35.5. The molecule has 0 radical (unpaired) electrons. The largest absolute Gasteiger partial charge is 0.346 e. The Labute approximate surface area is 138 Å². The zero-order valence-corrected chi connectivity index (χ0v) is 14.6. The summed E-state index contributed by atoms with van der Waals surface area (Å²) in [6.07, 6.45) is 2.37. The van der Waals surface area contributed by atoms with Gasteiger partial charge in [0.25, 0.3) is 0 Å². The average molecular weight is 325 g/mol. The predicted octanol–water partition coefficient (Wildman–Crippen LogP) is 3.65. The maximum atomic E-state index is 12.1. The van der Waals surface area contributed by atoms with Gasteiger partial charge in [-0.15, -0.1) is 0 Å². The molecule has 5 heteroatoms. The quantitative estimate of drug-likeness (QED) is 0.768. The molecular formula is C17H25ClN2O2. The Morgan fingerprint density at radius 2 is 1.91 bits per heavy atom. The summed E-state index contributed by atoms with van der Waals surface area (Å²) in [5.74, 6) is -0.0132. The van der Waals surface area contributed by atoms with Crippen molar-refractivity contribution in [2.45, 2.75) is 40.0 Å². The number of hydrogen-bond donors (Lipinski definition) is 0. The summed E-state index contributed by atoms with van der Waals surface area (Å²) in [4.78, 5) is 27.4. The van der Waals surface area contributed by atoms with Crippen molar-refractivity contribution in [1.29, 1.82) is 0 Å². The summed E-state index contributed by atoms with van der Waals surface area (Å²) in [5, 5.41) is 0.639. The zero-order chi connectivity index (χ0) is 16.7. The predicted molar refractivity (Wildman–Crippen MR) is 91.4 cm³/mol. The topological polar surface area (TPSA) is 40.6 Å². The molecule has 0 bridgehead atoms. The highest BCUT2D eigenvalue weighted by Crippen LogP contribution is 2.24. The Morgan fingerprint density at radius 1 is 1.23 bits per heavy atom. The van der Waals surface area contributed by atoms with Crippen LogP contribution in [0, 0.1) is 6.92 Å². The Hall–Kier alpha value is -1.55. The van der Waals surface area contributed by atoms with E-state index in [9.17, 15) is 9.59 Å². The number of nitrogens with zero attached hydrogens (tertiary/aromatic N) is 2. The van der Waals surface area contributed by atoms with Crippen LogP contribution in [-0.2, 0) is 9.59 Å². The molecule has 0 aliphatic rings. The number of carbonyl (C=O) groups excluding carboxylic acids is 2. The molecule has 1 rings (SSSR count). The highest BCUT2D eigenvalue weighted by molar-refractivity contribution is 6.30. The van der Waals surface area contributed by atoms with Gasteiger partial charge in [0, 0.05) is 44.2 Å². The van der Waals surface area contributed by atoms with Gasteiger partial charge in [-0.05, 0) is 37.1 Å². The molecule has 0 aliphatic carbocycles. The van der Waals surface area contributed by atoms with Gasteiger partial charge in [0.2, 0.25) is 11.8 Å². The lowest BCUT2D eigenvalue weighted by atomic mass is 10.1. The van der Waals surface area contributed by atoms with Crippen LogP contribution in [0.1, 0.15) is 38.7 Å². The van der Waals surface area contributed by atoms with Gasteiger partial charge in [0.1, 0.15) is 0 Å². The maximum absolute atomic E-state index is 12.1. The summed E-state index contributed by atoms with van der Waals surface area (Å²) < 4.78 is 0. The first-order valence-corrected chi connectivity index (χ1v) is 8.02. The summed E-state index contributed by atoms with van der Waals surface area (Å²) in [6, 6.07) is 5.40. The van der Waals surface area contributed by atoms with E-state index in [0.717, 1.165) is 30.6 Å². The number of unbranched alkanes of at least 4 members (excludes halogenated alkanes) is 1. The number of rotatable bonds is 7. The molecule has 1 aromatic carbocycles. The van der Waals surface area contributed by atoms with Crippen molar-refractivity contribution in [2.75, 3.05) is 25.0 Å². The summed E-state index contributed by atoms with van der Waals surface area (Å²) in [5.41, 5.74) is 1.73. The van der Waals surface area contributed by atoms with Crippen LogP contribution in [0.5, 0.6) is 0 Å². The average Bonchev–Trinajstić information content (AvgIpc) is 2.46. The Bertz CT molecular complexity index is 531. The SMILES string of the molecule is CCCCN(C)C(=O)CCN(C(C)=O)c1ccc(Cl)cc1C. The smallest absolute Gasteiger partial charge is 0.224 e. The molecule has 0 N–H and O–H groups in total. The lowest BCUT2D eigenvalue weighted by molar-refractivity contribution is -0.129. The second kappa shape index (κ2) is 8.79.